The van der Waals surface area contributed by atoms with Crippen molar-refractivity contribution in [2.45, 2.75) is 0 Å². The van der Waals surface area contributed by atoms with Crippen LogP contribution in [0.25, 0.3) is 10.2 Å². The van der Waals surface area contributed by atoms with Gasteiger partial charge in [-0.25, -0.2) is 9.97 Å². The van der Waals surface area contributed by atoms with Gasteiger partial charge in [0.05, 0.1) is 22.1 Å². The van der Waals surface area contributed by atoms with Gasteiger partial charge < -0.3 is 5.32 Å². The second kappa shape index (κ2) is 4.43. The van der Waals surface area contributed by atoms with E-state index in [2.05, 4.69) is 37.3 Å². The summed E-state index contributed by atoms with van der Waals surface area (Å²) in [7, 11) is 0. The Bertz CT molecular complexity index is 615. The lowest BCUT2D eigenvalue weighted by molar-refractivity contribution is 1.27. The number of nitrogens with one attached hydrogen (secondary N) is 1. The van der Waals surface area contributed by atoms with Crippen LogP contribution in [-0.2, 0) is 0 Å². The van der Waals surface area contributed by atoms with Gasteiger partial charge in [0.1, 0.15) is 4.60 Å². The first-order valence-corrected chi connectivity index (χ1v) is 6.66. The highest BCUT2D eigenvalue weighted by Gasteiger charge is 2.03. The van der Waals surface area contributed by atoms with Crippen molar-refractivity contribution in [1.82, 2.24) is 9.97 Å². The molecule has 3 nitrogen and oxygen atoms in total. The molecule has 0 aliphatic carbocycles. The first kappa shape index (κ1) is 10.7. The molecule has 2 aromatic heterocycles. The molecule has 0 fully saturated rings. The Kier molecular flexibility index (Phi) is 2.78. The predicted molar refractivity (Wildman–Crippen MR) is 74.8 cm³/mol. The SMILES string of the molecule is Brc1ccc(Nc2nc3ccccc3s2)cn1. The molecule has 3 aromatic rings. The Morgan fingerprint density at radius 2 is 2.00 bits per heavy atom. The van der Waals surface area contributed by atoms with Crippen molar-refractivity contribution in [3.05, 3.63) is 47.2 Å². The smallest absolute Gasteiger partial charge is 0.188 e. The summed E-state index contributed by atoms with van der Waals surface area (Å²) in [6.07, 6.45) is 1.77. The molecule has 0 radical (unpaired) electrons. The minimum Gasteiger partial charge on any atom is -0.330 e. The van der Waals surface area contributed by atoms with Gasteiger partial charge in [-0.1, -0.05) is 23.5 Å². The lowest BCUT2D eigenvalue weighted by atomic mass is 10.3. The molecule has 0 atom stereocenters. The molecule has 0 aliphatic rings. The first-order valence-electron chi connectivity index (χ1n) is 5.05. The maximum atomic E-state index is 4.50. The Balaban J connectivity index is 1.92. The Hall–Kier alpha value is -1.46. The van der Waals surface area contributed by atoms with Crippen molar-refractivity contribution in [2.75, 3.05) is 5.32 Å². The van der Waals surface area contributed by atoms with Crippen molar-refractivity contribution in [1.29, 1.82) is 0 Å². The number of hydrogen-bond donors (Lipinski definition) is 1. The van der Waals surface area contributed by atoms with Crippen LogP contribution in [-0.4, -0.2) is 9.97 Å². The monoisotopic (exact) mass is 305 g/mol. The van der Waals surface area contributed by atoms with Crippen LogP contribution in [0, 0.1) is 0 Å². The Morgan fingerprint density at radius 3 is 2.76 bits per heavy atom. The lowest BCUT2D eigenvalue weighted by Crippen LogP contribution is -1.89. The molecule has 0 spiro atoms. The Labute approximate surface area is 111 Å². The van der Waals surface area contributed by atoms with Crippen LogP contribution in [0.2, 0.25) is 0 Å². The van der Waals surface area contributed by atoms with E-state index in [0.29, 0.717) is 0 Å². The molecular formula is C12H8BrN3S. The van der Waals surface area contributed by atoms with E-state index in [9.17, 15) is 0 Å². The number of pyridine rings is 1. The predicted octanol–water partition coefficient (Wildman–Crippen LogP) is 4.20. The van der Waals surface area contributed by atoms with Crippen LogP contribution in [0.1, 0.15) is 0 Å². The molecule has 0 saturated heterocycles. The number of anilines is 2. The highest BCUT2D eigenvalue weighted by atomic mass is 79.9. The maximum Gasteiger partial charge on any atom is 0.188 e. The fourth-order valence-electron chi connectivity index (χ4n) is 1.50. The molecular weight excluding hydrogens is 298 g/mol. The summed E-state index contributed by atoms with van der Waals surface area (Å²) < 4.78 is 2.01. The van der Waals surface area contributed by atoms with Gasteiger partial charge in [-0.05, 0) is 40.2 Å². The van der Waals surface area contributed by atoms with Gasteiger partial charge in [-0.15, -0.1) is 0 Å². The van der Waals surface area contributed by atoms with Crippen LogP contribution in [0.4, 0.5) is 10.8 Å². The molecule has 0 unspecified atom stereocenters. The summed E-state index contributed by atoms with van der Waals surface area (Å²) in [6, 6.07) is 12.0. The van der Waals surface area contributed by atoms with E-state index in [4.69, 9.17) is 0 Å². The molecule has 3 rings (SSSR count). The first-order chi connectivity index (χ1) is 8.31. The third-order valence-electron chi connectivity index (χ3n) is 2.27. The molecule has 84 valence electrons. The molecule has 0 aliphatic heterocycles. The van der Waals surface area contributed by atoms with Crippen molar-refractivity contribution >= 4 is 48.3 Å². The normalized spacial score (nSPS) is 10.6. The lowest BCUT2D eigenvalue weighted by Gasteiger charge is -2.00. The molecule has 1 N–H and O–H groups in total. The van der Waals surface area contributed by atoms with Gasteiger partial charge in [0, 0.05) is 0 Å². The minimum absolute atomic E-state index is 0.826. The molecule has 0 saturated carbocycles. The third kappa shape index (κ3) is 2.30. The van der Waals surface area contributed by atoms with E-state index in [1.165, 1.54) is 4.70 Å². The second-order valence-electron chi connectivity index (χ2n) is 3.48. The van der Waals surface area contributed by atoms with Crippen molar-refractivity contribution in [3.63, 3.8) is 0 Å². The van der Waals surface area contributed by atoms with Gasteiger partial charge >= 0.3 is 0 Å². The van der Waals surface area contributed by atoms with Crippen LogP contribution in [0.15, 0.2) is 47.2 Å². The molecule has 2 heterocycles. The summed E-state index contributed by atoms with van der Waals surface area (Å²) in [6.45, 7) is 0. The van der Waals surface area contributed by atoms with Gasteiger partial charge in [-0.3, -0.25) is 0 Å². The molecule has 1 aromatic carbocycles. The molecule has 17 heavy (non-hydrogen) atoms. The number of rotatable bonds is 2. The quantitative estimate of drug-likeness (QED) is 0.721. The van der Waals surface area contributed by atoms with E-state index in [-0.39, 0.29) is 0 Å². The summed E-state index contributed by atoms with van der Waals surface area (Å²) in [5.74, 6) is 0. The number of fused-ring (bicyclic) bond motifs is 1. The highest BCUT2D eigenvalue weighted by Crippen LogP contribution is 2.27. The van der Waals surface area contributed by atoms with E-state index < -0.39 is 0 Å². The highest BCUT2D eigenvalue weighted by molar-refractivity contribution is 9.10. The van der Waals surface area contributed by atoms with Gasteiger partial charge in [-0.2, -0.15) is 0 Å². The molecule has 5 heteroatoms. The van der Waals surface area contributed by atoms with Gasteiger partial charge in [0.2, 0.25) is 0 Å². The number of hydrogen-bond acceptors (Lipinski definition) is 4. The van der Waals surface area contributed by atoms with E-state index >= 15 is 0 Å². The number of benzene rings is 1. The number of halogens is 1. The second-order valence-corrected chi connectivity index (χ2v) is 5.32. The number of aromatic nitrogens is 2. The summed E-state index contributed by atoms with van der Waals surface area (Å²) >= 11 is 4.94. The van der Waals surface area contributed by atoms with Crippen molar-refractivity contribution in [2.24, 2.45) is 0 Å². The summed E-state index contributed by atoms with van der Waals surface area (Å²) in [5, 5.41) is 4.13. The van der Waals surface area contributed by atoms with Crippen molar-refractivity contribution < 1.29 is 0 Å². The fraction of sp³-hybridized carbons (Fsp3) is 0. The average molecular weight is 306 g/mol. The summed E-state index contributed by atoms with van der Waals surface area (Å²) in [5.41, 5.74) is 1.96. The van der Waals surface area contributed by atoms with Gasteiger partial charge in [0.15, 0.2) is 5.13 Å². The molecule has 0 amide bonds. The van der Waals surface area contributed by atoms with Crippen LogP contribution < -0.4 is 5.32 Å². The Morgan fingerprint density at radius 1 is 1.12 bits per heavy atom. The van der Waals surface area contributed by atoms with Crippen LogP contribution in [0.5, 0.6) is 0 Å². The summed E-state index contributed by atoms with van der Waals surface area (Å²) in [4.78, 5) is 8.66. The van der Waals surface area contributed by atoms with Crippen LogP contribution in [0.3, 0.4) is 0 Å². The van der Waals surface area contributed by atoms with Crippen LogP contribution >= 0.6 is 27.3 Å². The third-order valence-corrected chi connectivity index (χ3v) is 3.69. The fourth-order valence-corrected chi connectivity index (χ4v) is 2.62. The number of thiazole rings is 1. The van der Waals surface area contributed by atoms with Crippen molar-refractivity contribution in [3.8, 4) is 0 Å². The average Bonchev–Trinajstić information content (AvgIpc) is 2.74. The van der Waals surface area contributed by atoms with Gasteiger partial charge in [0.25, 0.3) is 0 Å². The standard InChI is InChI=1S/C12H8BrN3S/c13-11-6-5-8(7-14-11)15-12-16-9-3-1-2-4-10(9)17-12/h1-7H,(H,15,16). The number of para-hydroxylation sites is 1. The topological polar surface area (TPSA) is 37.8 Å². The largest absolute Gasteiger partial charge is 0.330 e. The number of nitrogens with zero attached hydrogens (tertiary/aromatic N) is 2. The maximum absolute atomic E-state index is 4.50. The zero-order valence-electron chi connectivity index (χ0n) is 8.72. The zero-order valence-corrected chi connectivity index (χ0v) is 11.1. The zero-order chi connectivity index (χ0) is 11.7. The van der Waals surface area contributed by atoms with E-state index in [1.807, 2.05) is 30.3 Å². The van der Waals surface area contributed by atoms with E-state index in [0.717, 1.165) is 20.9 Å². The molecule has 0 bridgehead atoms. The van der Waals surface area contributed by atoms with E-state index in [1.54, 1.807) is 17.5 Å². The minimum atomic E-state index is 0.826.